The number of methoxy groups -OCH3 is 1. The maximum atomic E-state index is 10.8. The third-order valence-corrected chi connectivity index (χ3v) is 3.00. The maximum Gasteiger partial charge on any atom is 0.374 e. The fourth-order valence-corrected chi connectivity index (χ4v) is 1.80. The normalized spacial score (nSPS) is 14.1. The van der Waals surface area contributed by atoms with Crippen molar-refractivity contribution in [2.24, 2.45) is 0 Å². The van der Waals surface area contributed by atoms with Crippen LogP contribution in [0.15, 0.2) is 28.8 Å². The van der Waals surface area contributed by atoms with Crippen LogP contribution < -0.4 is 9.47 Å². The van der Waals surface area contributed by atoms with Gasteiger partial charge in [-0.3, -0.25) is 0 Å². The zero-order chi connectivity index (χ0) is 14.1. The van der Waals surface area contributed by atoms with E-state index in [1.54, 1.807) is 25.3 Å². The molecule has 1 fully saturated rings. The number of nitrogens with zero attached hydrogens (tertiary/aromatic N) is 1. The summed E-state index contributed by atoms with van der Waals surface area (Å²) in [6.45, 7) is 0. The highest BCUT2D eigenvalue weighted by molar-refractivity contribution is 5.85. The van der Waals surface area contributed by atoms with Crippen LogP contribution in [0, 0.1) is 0 Å². The van der Waals surface area contributed by atoms with E-state index in [0.717, 1.165) is 12.8 Å². The molecule has 1 aromatic heterocycles. The van der Waals surface area contributed by atoms with Crippen LogP contribution in [0.4, 0.5) is 0 Å². The summed E-state index contributed by atoms with van der Waals surface area (Å²) in [5.41, 5.74) is 1.15. The van der Waals surface area contributed by atoms with Gasteiger partial charge in [0.25, 0.3) is 0 Å². The molecule has 3 rings (SSSR count). The lowest BCUT2D eigenvalue weighted by atomic mass is 10.1. The number of aromatic nitrogens is 1. The molecule has 0 atom stereocenters. The molecule has 1 saturated carbocycles. The first-order valence-corrected chi connectivity index (χ1v) is 6.22. The van der Waals surface area contributed by atoms with Gasteiger partial charge in [-0.1, -0.05) is 5.16 Å². The molecule has 1 aliphatic carbocycles. The molecular weight excluding hydrogens is 262 g/mol. The molecule has 20 heavy (non-hydrogen) atoms. The molecule has 104 valence electrons. The molecule has 2 aromatic rings. The zero-order valence-electron chi connectivity index (χ0n) is 10.8. The van der Waals surface area contributed by atoms with Gasteiger partial charge in [-0.05, 0) is 31.0 Å². The van der Waals surface area contributed by atoms with E-state index < -0.39 is 5.97 Å². The van der Waals surface area contributed by atoms with Gasteiger partial charge < -0.3 is 19.1 Å². The Morgan fingerprint density at radius 3 is 2.75 bits per heavy atom. The minimum Gasteiger partial charge on any atom is -0.493 e. The molecule has 1 aromatic carbocycles. The number of rotatable bonds is 5. The highest BCUT2D eigenvalue weighted by atomic mass is 16.5. The van der Waals surface area contributed by atoms with Crippen molar-refractivity contribution >= 4 is 5.97 Å². The van der Waals surface area contributed by atoms with Crippen molar-refractivity contribution in [3.63, 3.8) is 0 Å². The standard InChI is InChI=1S/C14H13NO5/c1-18-12-6-8(2-5-11(12)19-9-3-4-9)10-7-13(14(16)17)20-15-10/h2,5-7,9H,3-4H2,1H3,(H,16,17). The Labute approximate surface area is 114 Å². The van der Waals surface area contributed by atoms with Crippen molar-refractivity contribution in [1.29, 1.82) is 0 Å². The molecule has 0 spiro atoms. The Hall–Kier alpha value is -2.50. The molecule has 0 bridgehead atoms. The second-order valence-corrected chi connectivity index (χ2v) is 4.56. The third-order valence-electron chi connectivity index (χ3n) is 3.00. The van der Waals surface area contributed by atoms with Crippen molar-refractivity contribution in [1.82, 2.24) is 5.16 Å². The molecule has 1 N–H and O–H groups in total. The molecule has 6 heteroatoms. The molecule has 1 aliphatic rings. The Morgan fingerprint density at radius 1 is 1.35 bits per heavy atom. The lowest BCUT2D eigenvalue weighted by Crippen LogP contribution is -1.98. The first-order chi connectivity index (χ1) is 9.67. The Balaban J connectivity index is 1.90. The van der Waals surface area contributed by atoms with E-state index in [2.05, 4.69) is 5.16 Å². The van der Waals surface area contributed by atoms with Crippen molar-refractivity contribution < 1.29 is 23.9 Å². The average Bonchev–Trinajstić information content (AvgIpc) is 3.11. The smallest absolute Gasteiger partial charge is 0.374 e. The Morgan fingerprint density at radius 2 is 2.15 bits per heavy atom. The number of ether oxygens (including phenoxy) is 2. The van der Waals surface area contributed by atoms with Crippen molar-refractivity contribution in [2.45, 2.75) is 18.9 Å². The number of carbonyl (C=O) groups is 1. The molecular formula is C14H13NO5. The first kappa shape index (κ1) is 12.5. The van der Waals surface area contributed by atoms with Crippen LogP contribution in [0.3, 0.4) is 0 Å². The summed E-state index contributed by atoms with van der Waals surface area (Å²) < 4.78 is 15.7. The van der Waals surface area contributed by atoms with E-state index in [1.165, 1.54) is 6.07 Å². The van der Waals surface area contributed by atoms with Gasteiger partial charge in [0.1, 0.15) is 5.69 Å². The minimum absolute atomic E-state index is 0.197. The fraction of sp³-hybridized carbons (Fsp3) is 0.286. The van der Waals surface area contributed by atoms with Gasteiger partial charge in [0, 0.05) is 11.6 Å². The van der Waals surface area contributed by atoms with Crippen molar-refractivity contribution in [3.05, 3.63) is 30.0 Å². The van der Waals surface area contributed by atoms with Gasteiger partial charge in [0.2, 0.25) is 5.76 Å². The lowest BCUT2D eigenvalue weighted by Gasteiger charge is -2.10. The summed E-state index contributed by atoms with van der Waals surface area (Å²) in [6.07, 6.45) is 2.41. The lowest BCUT2D eigenvalue weighted by molar-refractivity contribution is 0.0652. The van der Waals surface area contributed by atoms with Gasteiger partial charge in [-0.2, -0.15) is 0 Å². The zero-order valence-corrected chi connectivity index (χ0v) is 10.8. The van der Waals surface area contributed by atoms with Crippen LogP contribution in [-0.2, 0) is 0 Å². The van der Waals surface area contributed by atoms with Gasteiger partial charge in [-0.15, -0.1) is 0 Å². The van der Waals surface area contributed by atoms with E-state index in [9.17, 15) is 4.79 Å². The second-order valence-electron chi connectivity index (χ2n) is 4.56. The number of carboxylic acids is 1. The van der Waals surface area contributed by atoms with E-state index in [4.69, 9.17) is 19.1 Å². The van der Waals surface area contributed by atoms with Crippen LogP contribution >= 0.6 is 0 Å². The second kappa shape index (κ2) is 4.88. The van der Waals surface area contributed by atoms with Crippen molar-refractivity contribution in [3.8, 4) is 22.8 Å². The molecule has 0 unspecified atom stereocenters. The van der Waals surface area contributed by atoms with Crippen LogP contribution in [0.25, 0.3) is 11.3 Å². The molecule has 0 amide bonds. The van der Waals surface area contributed by atoms with E-state index in [0.29, 0.717) is 22.8 Å². The highest BCUT2D eigenvalue weighted by Gasteiger charge is 2.25. The van der Waals surface area contributed by atoms with Gasteiger partial charge in [0.05, 0.1) is 13.2 Å². The summed E-state index contributed by atoms with van der Waals surface area (Å²) in [4.78, 5) is 10.8. The van der Waals surface area contributed by atoms with Gasteiger partial charge in [-0.25, -0.2) is 4.79 Å². The Kier molecular flexibility index (Phi) is 3.06. The predicted octanol–water partition coefficient (Wildman–Crippen LogP) is 2.59. The van der Waals surface area contributed by atoms with Crippen LogP contribution in [0.1, 0.15) is 23.4 Å². The maximum absolute atomic E-state index is 10.8. The van der Waals surface area contributed by atoms with Crippen molar-refractivity contribution in [2.75, 3.05) is 7.11 Å². The quantitative estimate of drug-likeness (QED) is 0.903. The first-order valence-electron chi connectivity index (χ1n) is 6.22. The van der Waals surface area contributed by atoms with Crippen LogP contribution in [-0.4, -0.2) is 29.4 Å². The fourth-order valence-electron chi connectivity index (χ4n) is 1.80. The van der Waals surface area contributed by atoms with E-state index in [-0.39, 0.29) is 11.9 Å². The largest absolute Gasteiger partial charge is 0.493 e. The summed E-state index contributed by atoms with van der Waals surface area (Å²) in [7, 11) is 1.56. The number of carboxylic acid groups (broad SMARTS) is 1. The topological polar surface area (TPSA) is 81.8 Å². The minimum atomic E-state index is -1.15. The summed E-state index contributed by atoms with van der Waals surface area (Å²) in [5, 5.41) is 12.6. The van der Waals surface area contributed by atoms with Crippen LogP contribution in [0.2, 0.25) is 0 Å². The predicted molar refractivity (Wildman–Crippen MR) is 69.1 cm³/mol. The molecule has 0 aliphatic heterocycles. The van der Waals surface area contributed by atoms with Crippen LogP contribution in [0.5, 0.6) is 11.5 Å². The molecule has 6 nitrogen and oxygen atoms in total. The SMILES string of the molecule is COc1cc(-c2cc(C(=O)O)on2)ccc1OC1CC1. The van der Waals surface area contributed by atoms with E-state index in [1.807, 2.05) is 0 Å². The highest BCUT2D eigenvalue weighted by Crippen LogP contribution is 2.36. The summed E-state index contributed by atoms with van der Waals surface area (Å²) >= 11 is 0. The number of benzene rings is 1. The Bertz CT molecular complexity index is 645. The third kappa shape index (κ3) is 2.45. The van der Waals surface area contributed by atoms with E-state index >= 15 is 0 Å². The number of aromatic carboxylic acids is 1. The number of hydrogen-bond acceptors (Lipinski definition) is 5. The van der Waals surface area contributed by atoms with Gasteiger partial charge in [0.15, 0.2) is 11.5 Å². The molecule has 0 saturated heterocycles. The summed E-state index contributed by atoms with van der Waals surface area (Å²) in [5.74, 6) is -0.0725. The van der Waals surface area contributed by atoms with Gasteiger partial charge >= 0.3 is 5.97 Å². The molecule has 0 radical (unpaired) electrons. The molecule has 1 heterocycles. The monoisotopic (exact) mass is 275 g/mol. The summed E-state index contributed by atoms with van der Waals surface area (Å²) in [6, 6.07) is 6.71. The average molecular weight is 275 g/mol. The number of hydrogen-bond donors (Lipinski definition) is 1.